The van der Waals surface area contributed by atoms with Gasteiger partial charge in [0.05, 0.1) is 6.61 Å². The molecule has 12 nitrogen and oxygen atoms in total. The number of hydrogen-bond acceptors (Lipinski definition) is 9. The number of anilines is 1. The summed E-state index contributed by atoms with van der Waals surface area (Å²) in [5.74, 6) is -3.32. The van der Waals surface area contributed by atoms with Crippen molar-refractivity contribution in [3.63, 3.8) is 0 Å². The van der Waals surface area contributed by atoms with Crippen LogP contribution in [0, 0.1) is 0 Å². The normalized spacial score (nSPS) is 15.5. The van der Waals surface area contributed by atoms with Crippen molar-refractivity contribution in [3.8, 4) is 27.3 Å². The van der Waals surface area contributed by atoms with Gasteiger partial charge in [-0.15, -0.1) is 11.3 Å². The highest BCUT2D eigenvalue weighted by atomic mass is 32.1. The van der Waals surface area contributed by atoms with Crippen LogP contribution in [-0.4, -0.2) is 52.3 Å². The van der Waals surface area contributed by atoms with E-state index in [0.717, 1.165) is 16.0 Å². The molecule has 6 N–H and O–H groups in total. The van der Waals surface area contributed by atoms with Crippen LogP contribution in [0.5, 0.6) is 5.75 Å². The van der Waals surface area contributed by atoms with Crippen LogP contribution in [-0.2, 0) is 22.6 Å². The van der Waals surface area contributed by atoms with Crippen LogP contribution in [0.15, 0.2) is 60.0 Å². The maximum absolute atomic E-state index is 13.8. The number of carboxylic acid groups (broad SMARTS) is 1. The zero-order valence-electron chi connectivity index (χ0n) is 23.7. The summed E-state index contributed by atoms with van der Waals surface area (Å²) in [5.41, 5.74) is 8.67. The Morgan fingerprint density at radius 2 is 1.80 bits per heavy atom. The number of thiophene rings is 1. The minimum atomic E-state index is -1.43. The third-order valence-electron chi connectivity index (χ3n) is 7.60. The lowest BCUT2D eigenvalue weighted by Crippen LogP contribution is -2.52. The SMILES string of the molecule is NCc1ccc(NC(=O)c2cc3c(cc2-c2ccc(C(=O)NC4CCC(=O)NC4=O)nc2C(=O)O)OCCc2ccsc2-3)cc1. The second-order valence-electron chi connectivity index (χ2n) is 10.5. The smallest absolute Gasteiger partial charge is 0.355 e. The number of fused-ring (bicyclic) bond motifs is 3. The number of pyridine rings is 1. The van der Waals surface area contributed by atoms with Crippen molar-refractivity contribution in [2.45, 2.75) is 31.8 Å². The van der Waals surface area contributed by atoms with Gasteiger partial charge in [-0.25, -0.2) is 9.78 Å². The molecule has 4 heterocycles. The third kappa shape index (κ3) is 6.03. The first kappa shape index (κ1) is 29.7. The summed E-state index contributed by atoms with van der Waals surface area (Å²) in [5, 5.41) is 19.7. The van der Waals surface area contributed by atoms with E-state index in [1.54, 1.807) is 36.4 Å². The van der Waals surface area contributed by atoms with E-state index < -0.39 is 41.3 Å². The lowest BCUT2D eigenvalue weighted by Gasteiger charge is -2.21. The van der Waals surface area contributed by atoms with Gasteiger partial charge in [0.1, 0.15) is 17.5 Å². The van der Waals surface area contributed by atoms with Crippen molar-refractivity contribution < 1.29 is 33.8 Å². The lowest BCUT2D eigenvalue weighted by molar-refractivity contribution is -0.134. The van der Waals surface area contributed by atoms with E-state index in [-0.39, 0.29) is 35.2 Å². The number of aromatic nitrogens is 1. The minimum Gasteiger partial charge on any atom is -0.493 e. The zero-order valence-corrected chi connectivity index (χ0v) is 24.5. The number of nitrogens with two attached hydrogens (primary N) is 1. The molecule has 1 atom stereocenters. The number of carbonyl (C=O) groups is 5. The van der Waals surface area contributed by atoms with Gasteiger partial charge in [-0.2, -0.15) is 0 Å². The molecule has 2 aromatic heterocycles. The number of carboxylic acids is 1. The van der Waals surface area contributed by atoms with Crippen molar-refractivity contribution in [2.75, 3.05) is 11.9 Å². The molecule has 0 saturated carbocycles. The van der Waals surface area contributed by atoms with Crippen molar-refractivity contribution in [1.29, 1.82) is 0 Å². The van der Waals surface area contributed by atoms with Crippen molar-refractivity contribution >= 4 is 46.6 Å². The number of benzene rings is 2. The fourth-order valence-electron chi connectivity index (χ4n) is 5.28. The van der Waals surface area contributed by atoms with Crippen LogP contribution >= 0.6 is 11.3 Å². The van der Waals surface area contributed by atoms with Crippen LogP contribution in [0.4, 0.5) is 5.69 Å². The van der Waals surface area contributed by atoms with Gasteiger partial charge in [-0.1, -0.05) is 12.1 Å². The van der Waals surface area contributed by atoms with Crippen LogP contribution in [0.3, 0.4) is 0 Å². The Kier molecular flexibility index (Phi) is 8.11. The van der Waals surface area contributed by atoms with Crippen molar-refractivity contribution in [3.05, 3.63) is 88.1 Å². The standard InChI is InChI=1S/C32H27N5O7S/c33-15-16-1-3-18(4-2-16)34-29(39)21-13-22-25(44-11-9-17-10-12-45-28(17)22)14-20(21)19-5-6-23(35-27(19)32(42)43)30(40)36-24-7-8-26(38)37-31(24)41/h1-6,10,12-14,24H,7-9,11,15,33H2,(H,34,39)(H,36,40)(H,42,43)(H,37,38,41). The summed E-state index contributed by atoms with van der Waals surface area (Å²) < 4.78 is 6.06. The highest BCUT2D eigenvalue weighted by molar-refractivity contribution is 7.13. The molecule has 0 bridgehead atoms. The summed E-state index contributed by atoms with van der Waals surface area (Å²) in [6.45, 7) is 0.734. The number of rotatable bonds is 7. The molecule has 4 aromatic rings. The predicted octanol–water partition coefficient (Wildman–Crippen LogP) is 3.36. The quantitative estimate of drug-likeness (QED) is 0.192. The molecule has 228 valence electrons. The molecular formula is C32H27N5O7S. The second kappa shape index (κ2) is 12.3. The highest BCUT2D eigenvalue weighted by Crippen LogP contribution is 2.43. The Morgan fingerprint density at radius 1 is 1.00 bits per heavy atom. The molecule has 2 aliphatic rings. The monoisotopic (exact) mass is 625 g/mol. The molecule has 0 aliphatic carbocycles. The first-order valence-electron chi connectivity index (χ1n) is 14.1. The summed E-state index contributed by atoms with van der Waals surface area (Å²) in [7, 11) is 0. The topological polar surface area (TPSA) is 190 Å². The van der Waals surface area contributed by atoms with E-state index >= 15 is 0 Å². The van der Waals surface area contributed by atoms with Gasteiger partial charge < -0.3 is 26.2 Å². The van der Waals surface area contributed by atoms with Gasteiger partial charge in [0, 0.05) is 52.2 Å². The highest BCUT2D eigenvalue weighted by Gasteiger charge is 2.30. The van der Waals surface area contributed by atoms with Gasteiger partial charge in [-0.05, 0) is 65.4 Å². The Balaban J connectivity index is 1.42. The van der Waals surface area contributed by atoms with Gasteiger partial charge in [-0.3, -0.25) is 24.5 Å². The Hall–Kier alpha value is -5.40. The number of carbonyl (C=O) groups excluding carboxylic acids is 4. The number of nitrogens with one attached hydrogen (secondary N) is 3. The number of aromatic carboxylic acids is 1. The summed E-state index contributed by atoms with van der Waals surface area (Å²) >= 11 is 1.52. The minimum absolute atomic E-state index is 0.0544. The second-order valence-corrected chi connectivity index (χ2v) is 11.4. The van der Waals surface area contributed by atoms with Gasteiger partial charge in [0.15, 0.2) is 5.69 Å². The zero-order chi connectivity index (χ0) is 31.7. The molecule has 45 heavy (non-hydrogen) atoms. The van der Waals surface area contributed by atoms with E-state index in [9.17, 15) is 29.1 Å². The van der Waals surface area contributed by atoms with Gasteiger partial charge >= 0.3 is 5.97 Å². The first-order chi connectivity index (χ1) is 21.7. The maximum Gasteiger partial charge on any atom is 0.355 e. The Bertz CT molecular complexity index is 1870. The molecular weight excluding hydrogens is 598 g/mol. The first-order valence-corrected chi connectivity index (χ1v) is 15.0. The molecule has 4 amide bonds. The Morgan fingerprint density at radius 3 is 2.53 bits per heavy atom. The largest absolute Gasteiger partial charge is 0.493 e. The molecule has 1 saturated heterocycles. The van der Waals surface area contributed by atoms with E-state index in [1.165, 1.54) is 23.5 Å². The number of hydrogen-bond donors (Lipinski definition) is 5. The van der Waals surface area contributed by atoms with Gasteiger partial charge in [0.2, 0.25) is 11.8 Å². The Labute approximate surface area is 260 Å². The maximum atomic E-state index is 13.8. The predicted molar refractivity (Wildman–Crippen MR) is 165 cm³/mol. The number of imide groups is 1. The number of amides is 4. The van der Waals surface area contributed by atoms with Crippen molar-refractivity contribution in [1.82, 2.24) is 15.6 Å². The number of piperidine rings is 1. The number of nitrogens with zero attached hydrogens (tertiary/aromatic N) is 1. The van der Waals surface area contributed by atoms with E-state index in [1.807, 2.05) is 11.4 Å². The fraction of sp³-hybridized carbons (Fsp3) is 0.188. The van der Waals surface area contributed by atoms with E-state index in [0.29, 0.717) is 36.6 Å². The summed E-state index contributed by atoms with van der Waals surface area (Å²) in [6.07, 6.45) is 0.824. The third-order valence-corrected chi connectivity index (χ3v) is 8.59. The molecule has 1 fully saturated rings. The lowest BCUT2D eigenvalue weighted by atomic mass is 9.93. The van der Waals surface area contributed by atoms with Crippen LogP contribution in [0.2, 0.25) is 0 Å². The van der Waals surface area contributed by atoms with Gasteiger partial charge in [0.25, 0.3) is 11.8 Å². The average Bonchev–Trinajstić information content (AvgIpc) is 3.43. The molecule has 2 aliphatic heterocycles. The molecule has 0 radical (unpaired) electrons. The molecule has 13 heteroatoms. The van der Waals surface area contributed by atoms with E-state index in [2.05, 4.69) is 20.9 Å². The van der Waals surface area contributed by atoms with Crippen LogP contribution in [0.1, 0.15) is 55.3 Å². The van der Waals surface area contributed by atoms with Crippen molar-refractivity contribution in [2.24, 2.45) is 5.73 Å². The fourth-order valence-corrected chi connectivity index (χ4v) is 6.26. The van der Waals surface area contributed by atoms with Crippen LogP contribution in [0.25, 0.3) is 21.6 Å². The van der Waals surface area contributed by atoms with Crippen LogP contribution < -0.4 is 26.4 Å². The number of ether oxygens (including phenoxy) is 1. The molecule has 1 unspecified atom stereocenters. The molecule has 0 spiro atoms. The summed E-state index contributed by atoms with van der Waals surface area (Å²) in [4.78, 5) is 68.0. The van der Waals surface area contributed by atoms with E-state index in [4.69, 9.17) is 10.5 Å². The molecule has 2 aromatic carbocycles. The summed E-state index contributed by atoms with van der Waals surface area (Å²) in [6, 6.07) is 14.1. The average molecular weight is 626 g/mol. The molecule has 6 rings (SSSR count).